The minimum atomic E-state index is 0.477. The first-order valence-electron chi connectivity index (χ1n) is 32.3. The molecule has 0 saturated carbocycles. The number of allylic oxidation sites excluding steroid dienone is 16. The predicted molar refractivity (Wildman–Crippen MR) is 401 cm³/mol. The van der Waals surface area contributed by atoms with Gasteiger partial charge in [-0.2, -0.15) is 15.3 Å². The first-order chi connectivity index (χ1) is 47.2. The van der Waals surface area contributed by atoms with Gasteiger partial charge in [0.25, 0.3) is 0 Å². The second-order valence-electron chi connectivity index (χ2n) is 23.2. The van der Waals surface area contributed by atoms with Gasteiger partial charge in [-0.1, -0.05) is 188 Å². The second kappa shape index (κ2) is 38.8. The fraction of sp³-hybridized carbons (Fsp3) is 0.228. The number of hydrogen-bond acceptors (Lipinski definition) is 15. The second-order valence-corrected chi connectivity index (χ2v) is 25.3. The van der Waals surface area contributed by atoms with Crippen molar-refractivity contribution in [2.75, 3.05) is 28.2 Å². The van der Waals surface area contributed by atoms with Crippen molar-refractivity contribution in [1.29, 1.82) is 0 Å². The summed E-state index contributed by atoms with van der Waals surface area (Å²) in [5.41, 5.74) is 3.35. The average molecular weight is 1310 g/mol. The number of rotatable bonds is 0. The lowest BCUT2D eigenvalue weighted by molar-refractivity contribution is 0.307. The highest BCUT2D eigenvalue weighted by Gasteiger charge is 2.27. The molecule has 0 amide bonds. The number of aromatic nitrogens is 9. The van der Waals surface area contributed by atoms with E-state index in [1.54, 1.807) is 24.8 Å². The van der Waals surface area contributed by atoms with Gasteiger partial charge in [-0.3, -0.25) is 15.0 Å². The third-order valence-corrected chi connectivity index (χ3v) is 18.5. The Kier molecular flexibility index (Phi) is 28.4. The summed E-state index contributed by atoms with van der Waals surface area (Å²) in [5, 5.41) is 25.0. The zero-order chi connectivity index (χ0) is 66.8. The highest BCUT2D eigenvalue weighted by atomic mass is 32.2. The van der Waals surface area contributed by atoms with Gasteiger partial charge in [0.2, 0.25) is 0 Å². The molecule has 15 nitrogen and oxygen atoms in total. The van der Waals surface area contributed by atoms with Crippen molar-refractivity contribution in [3.63, 3.8) is 0 Å². The van der Waals surface area contributed by atoms with Crippen LogP contribution >= 0.6 is 23.5 Å². The largest absolute Gasteiger partial charge is 0.373 e. The minimum absolute atomic E-state index is 0.477. The van der Waals surface area contributed by atoms with Crippen molar-refractivity contribution < 1.29 is 0 Å². The molecule has 0 radical (unpaired) electrons. The van der Waals surface area contributed by atoms with E-state index in [1.807, 2.05) is 170 Å². The van der Waals surface area contributed by atoms with Crippen LogP contribution < -0.4 is 0 Å². The van der Waals surface area contributed by atoms with Crippen LogP contribution in [0.15, 0.2) is 345 Å². The molecular formula is C79H87N15S2. The van der Waals surface area contributed by atoms with Gasteiger partial charge in [-0.15, -0.1) is 28.6 Å². The molecule has 17 heteroatoms. The third kappa shape index (κ3) is 22.5. The van der Waals surface area contributed by atoms with Gasteiger partial charge in [0.05, 0.1) is 30.4 Å². The molecule has 13 heterocycles. The summed E-state index contributed by atoms with van der Waals surface area (Å²) in [7, 11) is 8.24. The SMILES string of the molecule is C1=CC2C=CSC2C=C1.C1=CC2C=CSC2C=C1.CN1C=CC2C=CC=CC21.CN1C=CC2C=CC=CC21.CN1N=CC2C=CC=CC21.CN1N=CC2C=CC=CC21.Cc1cnc(C)nc1.c1ccn2cccc2c1.c1ccn2ccnc2c1.c1ccncc1.c1cnncn1. The number of hydrogen-bond donors (Lipinski definition) is 0. The van der Waals surface area contributed by atoms with Crippen LogP contribution in [0.25, 0.3) is 11.2 Å². The Bertz CT molecular complexity index is 3550. The number of imidazole rings is 1. The van der Waals surface area contributed by atoms with Crippen LogP contribution in [0.5, 0.6) is 0 Å². The molecule has 12 atom stereocenters. The standard InChI is InChI=1S/2C9H11N.2C8H10N2.C8H7N.2C8H8S.C7H6N2.C6H8N2.C5H5N.C3H3N3/c2*1-10-7-6-8-4-2-3-5-9(8)10;2*1-10-8-5-3-2-4-7(8)6-9-10;1-2-6-9-7-3-5-8(9)4-1;2*1-2-4-8-7(3-1)5-6-9-8;1-2-5-9-6-4-8-7(9)3-1;1-5-3-7-6(2)8-4-5;1-2-4-6-5-3-1;1-2-5-6-3-4-1/h2*2-9H,1H3;2*2-8H,1H3;1-7H;2*1-8H;1-6H;3-4H,1-2H3;1-5H;1-3H. The van der Waals surface area contributed by atoms with Crippen LogP contribution in [0.2, 0.25) is 0 Å². The molecule has 0 spiro atoms. The van der Waals surface area contributed by atoms with Gasteiger partial charge in [-0.05, 0) is 91.2 Å². The molecule has 12 unspecified atom stereocenters. The summed E-state index contributed by atoms with van der Waals surface area (Å²) in [6.45, 7) is 3.85. The first kappa shape index (κ1) is 70.1. The maximum atomic E-state index is 4.19. The zero-order valence-electron chi connectivity index (χ0n) is 55.4. The van der Waals surface area contributed by atoms with E-state index in [0.29, 0.717) is 70.2 Å². The van der Waals surface area contributed by atoms with Crippen LogP contribution in [0.4, 0.5) is 0 Å². The van der Waals surface area contributed by atoms with E-state index in [1.165, 1.54) is 18.0 Å². The lowest BCUT2D eigenvalue weighted by Crippen LogP contribution is -2.27. The number of likely N-dealkylation sites (N-methyl/N-ethyl adjacent to an activating group) is 4. The molecule has 6 aliphatic carbocycles. The van der Waals surface area contributed by atoms with E-state index in [2.05, 4.69) is 279 Å². The summed E-state index contributed by atoms with van der Waals surface area (Å²) < 4.78 is 4.06. The number of aryl methyl sites for hydroxylation is 2. The van der Waals surface area contributed by atoms with Crippen molar-refractivity contribution in [2.24, 2.45) is 45.7 Å². The van der Waals surface area contributed by atoms with Crippen LogP contribution in [0, 0.1) is 49.4 Å². The fourth-order valence-corrected chi connectivity index (χ4v) is 12.9. The lowest BCUT2D eigenvalue weighted by atomic mass is 9.97. The van der Waals surface area contributed by atoms with Crippen LogP contribution in [-0.4, -0.2) is 139 Å². The number of nitrogens with zero attached hydrogens (tertiary/aromatic N) is 15. The van der Waals surface area contributed by atoms with Crippen molar-refractivity contribution in [1.82, 2.24) is 63.7 Å². The Morgan fingerprint density at radius 3 is 1.27 bits per heavy atom. The molecule has 7 aromatic heterocycles. The molecule has 0 N–H and O–H groups in total. The Morgan fingerprint density at radius 2 is 0.844 bits per heavy atom. The third-order valence-electron chi connectivity index (χ3n) is 16.3. The number of pyridine rings is 3. The van der Waals surface area contributed by atoms with Gasteiger partial charge in [0, 0.05) is 154 Å². The number of thioether (sulfide) groups is 2. The molecule has 7 aromatic rings. The van der Waals surface area contributed by atoms with Gasteiger partial charge in [-0.25, -0.2) is 19.9 Å². The maximum Gasteiger partial charge on any atom is 0.138 e. The quantitative estimate of drug-likeness (QED) is 0.143. The fourth-order valence-electron chi connectivity index (χ4n) is 10.9. The van der Waals surface area contributed by atoms with E-state index in [9.17, 15) is 0 Å². The predicted octanol–water partition coefficient (Wildman–Crippen LogP) is 15.2. The van der Waals surface area contributed by atoms with E-state index in [-0.39, 0.29) is 0 Å². The summed E-state index contributed by atoms with van der Waals surface area (Å²) in [6, 6.07) is 24.0. The molecule has 0 fully saturated rings. The van der Waals surface area contributed by atoms with Gasteiger partial charge >= 0.3 is 0 Å². The van der Waals surface area contributed by atoms with Crippen LogP contribution in [-0.2, 0) is 0 Å². The summed E-state index contributed by atoms with van der Waals surface area (Å²) >= 11 is 3.82. The van der Waals surface area contributed by atoms with Gasteiger partial charge in [0.15, 0.2) is 0 Å². The number of hydrazone groups is 2. The van der Waals surface area contributed by atoms with Gasteiger partial charge < -0.3 is 18.6 Å². The molecule has 0 saturated heterocycles. The first-order valence-corrected chi connectivity index (χ1v) is 34.2. The molecule has 6 aliphatic heterocycles. The van der Waals surface area contributed by atoms with Crippen LogP contribution in [0.1, 0.15) is 11.4 Å². The van der Waals surface area contributed by atoms with E-state index in [4.69, 9.17) is 0 Å². The molecule has 96 heavy (non-hydrogen) atoms. The summed E-state index contributed by atoms with van der Waals surface area (Å²) in [4.78, 5) is 23.9. The van der Waals surface area contributed by atoms with Crippen LogP contribution in [0.3, 0.4) is 0 Å². The Hall–Kier alpha value is -10.2. The minimum Gasteiger partial charge on any atom is -0.373 e. The smallest absolute Gasteiger partial charge is 0.138 e. The van der Waals surface area contributed by atoms with E-state index < -0.39 is 0 Å². The molecule has 0 aromatic carbocycles. The van der Waals surface area contributed by atoms with E-state index >= 15 is 0 Å². The monoisotopic (exact) mass is 1310 g/mol. The molecular weight excluding hydrogens is 1220 g/mol. The highest BCUT2D eigenvalue weighted by Crippen LogP contribution is 2.34. The summed E-state index contributed by atoms with van der Waals surface area (Å²) in [6.07, 6.45) is 90.6. The van der Waals surface area contributed by atoms with Crippen molar-refractivity contribution >= 4 is 47.1 Å². The molecule has 19 rings (SSSR count). The average Bonchev–Trinajstić information content (AvgIpc) is 2.36. The summed E-state index contributed by atoms with van der Waals surface area (Å²) in [5.74, 6) is 4.45. The normalized spacial score (nSPS) is 25.3. The molecule has 0 bridgehead atoms. The zero-order valence-corrected chi connectivity index (χ0v) is 57.0. The topological polar surface area (TPSA) is 137 Å². The molecule has 12 aliphatic rings. The molecule has 490 valence electrons. The highest BCUT2D eigenvalue weighted by molar-refractivity contribution is 8.03. The van der Waals surface area contributed by atoms with Crippen molar-refractivity contribution in [3.05, 3.63) is 346 Å². The lowest BCUT2D eigenvalue weighted by Gasteiger charge is -2.22. The Morgan fingerprint density at radius 1 is 0.365 bits per heavy atom. The van der Waals surface area contributed by atoms with Gasteiger partial charge in [0.1, 0.15) is 17.8 Å². The number of fused-ring (bicyclic) bond motifs is 8. The Balaban J connectivity index is 0.000000124. The van der Waals surface area contributed by atoms with Crippen molar-refractivity contribution in [2.45, 2.75) is 48.5 Å². The maximum absolute atomic E-state index is 4.19. The van der Waals surface area contributed by atoms with Crippen molar-refractivity contribution in [3.8, 4) is 0 Å². The Labute approximate surface area is 575 Å². The van der Waals surface area contributed by atoms with E-state index in [0.717, 1.165) is 17.0 Å².